The van der Waals surface area contributed by atoms with Gasteiger partial charge in [-0.1, -0.05) is 12.1 Å². The molecular weight excluding hydrogens is 270 g/mol. The van der Waals surface area contributed by atoms with E-state index in [1.807, 2.05) is 6.92 Å². The van der Waals surface area contributed by atoms with Crippen LogP contribution in [0.5, 0.6) is 0 Å². The summed E-state index contributed by atoms with van der Waals surface area (Å²) in [5.41, 5.74) is 0.496. The van der Waals surface area contributed by atoms with Crippen molar-refractivity contribution in [2.45, 2.75) is 44.7 Å². The second-order valence-electron chi connectivity index (χ2n) is 6.44. The molecule has 0 bridgehead atoms. The van der Waals surface area contributed by atoms with Gasteiger partial charge in [-0.25, -0.2) is 8.78 Å². The lowest BCUT2D eigenvalue weighted by molar-refractivity contribution is 0.149. The maximum absolute atomic E-state index is 14.1. The molecule has 4 heteroatoms. The number of rotatable bonds is 5. The monoisotopic (exact) mass is 294 g/mol. The van der Waals surface area contributed by atoms with Gasteiger partial charge in [0, 0.05) is 24.2 Å². The van der Waals surface area contributed by atoms with Gasteiger partial charge in [0.15, 0.2) is 11.6 Å². The smallest absolute Gasteiger partial charge is 0.163 e. The highest BCUT2D eigenvalue weighted by molar-refractivity contribution is 5.22. The Hall–Kier alpha value is -1.00. The highest BCUT2D eigenvalue weighted by Crippen LogP contribution is 2.36. The van der Waals surface area contributed by atoms with Crippen LogP contribution in [0.2, 0.25) is 0 Å². The zero-order valence-corrected chi connectivity index (χ0v) is 12.6. The molecule has 1 aromatic rings. The van der Waals surface area contributed by atoms with E-state index < -0.39 is 11.6 Å². The topological polar surface area (TPSA) is 15.3 Å². The molecule has 21 heavy (non-hydrogen) atoms. The molecule has 0 amide bonds. The van der Waals surface area contributed by atoms with Gasteiger partial charge in [0.25, 0.3) is 0 Å². The van der Waals surface area contributed by atoms with Gasteiger partial charge in [0.2, 0.25) is 0 Å². The molecule has 1 saturated carbocycles. The minimum atomic E-state index is -0.739. The molecule has 2 fully saturated rings. The van der Waals surface area contributed by atoms with Crippen LogP contribution in [0.25, 0.3) is 0 Å². The van der Waals surface area contributed by atoms with E-state index in [1.54, 1.807) is 12.1 Å². The Bertz CT molecular complexity index is 482. The van der Waals surface area contributed by atoms with E-state index in [0.717, 1.165) is 19.6 Å². The molecule has 3 rings (SSSR count). The summed E-state index contributed by atoms with van der Waals surface area (Å²) in [6, 6.07) is 5.03. The number of nitrogens with zero attached hydrogens (tertiary/aromatic N) is 1. The molecule has 1 heterocycles. The van der Waals surface area contributed by atoms with Gasteiger partial charge >= 0.3 is 0 Å². The Labute approximate surface area is 125 Å². The number of nitrogens with one attached hydrogen (secondary N) is 1. The van der Waals surface area contributed by atoms with E-state index in [-0.39, 0.29) is 6.04 Å². The first-order chi connectivity index (χ1) is 10.2. The lowest BCUT2D eigenvalue weighted by Crippen LogP contribution is -2.38. The van der Waals surface area contributed by atoms with Crippen molar-refractivity contribution in [3.63, 3.8) is 0 Å². The molecule has 0 radical (unpaired) electrons. The fourth-order valence-corrected chi connectivity index (χ4v) is 3.41. The molecule has 1 N–H and O–H groups in total. The predicted octanol–water partition coefficient (Wildman–Crippen LogP) is 3.49. The third-order valence-corrected chi connectivity index (χ3v) is 4.87. The summed E-state index contributed by atoms with van der Waals surface area (Å²) in [4.78, 5) is 2.40. The molecular formula is C17H24F2N2. The van der Waals surface area contributed by atoms with Crippen LogP contribution in [-0.4, -0.2) is 30.6 Å². The summed E-state index contributed by atoms with van der Waals surface area (Å²) >= 11 is 0. The fourth-order valence-electron chi connectivity index (χ4n) is 3.41. The van der Waals surface area contributed by atoms with Gasteiger partial charge in [-0.3, -0.25) is 4.90 Å². The Morgan fingerprint density at radius 3 is 2.57 bits per heavy atom. The van der Waals surface area contributed by atoms with Crippen molar-refractivity contribution in [1.82, 2.24) is 10.2 Å². The predicted molar refractivity (Wildman–Crippen MR) is 80.1 cm³/mol. The van der Waals surface area contributed by atoms with E-state index in [0.29, 0.717) is 17.5 Å². The van der Waals surface area contributed by atoms with Crippen LogP contribution in [0.3, 0.4) is 0 Å². The van der Waals surface area contributed by atoms with Gasteiger partial charge in [-0.15, -0.1) is 0 Å². The molecule has 2 aliphatic rings. The van der Waals surface area contributed by atoms with Gasteiger partial charge in [-0.05, 0) is 57.7 Å². The van der Waals surface area contributed by atoms with Crippen molar-refractivity contribution < 1.29 is 8.78 Å². The SMILES string of the molecule is CC(c1cccc(F)c1F)N(CC1CCNCC1)C1CC1. The fraction of sp³-hybridized carbons (Fsp3) is 0.647. The quantitative estimate of drug-likeness (QED) is 0.894. The molecule has 1 aromatic carbocycles. The molecule has 2 nitrogen and oxygen atoms in total. The summed E-state index contributed by atoms with van der Waals surface area (Å²) in [6.45, 7) is 5.17. The first-order valence-corrected chi connectivity index (χ1v) is 8.07. The van der Waals surface area contributed by atoms with Crippen molar-refractivity contribution in [3.05, 3.63) is 35.4 Å². The average molecular weight is 294 g/mol. The standard InChI is InChI=1S/C17H24F2N2/c1-12(15-3-2-4-16(18)17(15)19)21(14-5-6-14)11-13-7-9-20-10-8-13/h2-4,12-14,20H,5-11H2,1H3. The molecule has 1 unspecified atom stereocenters. The molecule has 1 saturated heterocycles. The third-order valence-electron chi connectivity index (χ3n) is 4.87. The van der Waals surface area contributed by atoms with Crippen LogP contribution in [0, 0.1) is 17.6 Å². The zero-order chi connectivity index (χ0) is 14.8. The normalized spacial score (nSPS) is 21.7. The van der Waals surface area contributed by atoms with Crippen molar-refractivity contribution >= 4 is 0 Å². The third kappa shape index (κ3) is 3.43. The molecule has 116 valence electrons. The van der Waals surface area contributed by atoms with Gasteiger partial charge in [0.1, 0.15) is 0 Å². The van der Waals surface area contributed by atoms with E-state index in [4.69, 9.17) is 0 Å². The first-order valence-electron chi connectivity index (χ1n) is 8.07. The Kier molecular flexibility index (Phi) is 4.55. The second-order valence-corrected chi connectivity index (χ2v) is 6.44. The van der Waals surface area contributed by atoms with Crippen LogP contribution < -0.4 is 5.32 Å². The summed E-state index contributed by atoms with van der Waals surface area (Å²) < 4.78 is 27.5. The van der Waals surface area contributed by atoms with Crippen LogP contribution in [-0.2, 0) is 0 Å². The number of benzene rings is 1. The molecule has 1 aliphatic heterocycles. The van der Waals surface area contributed by atoms with E-state index in [9.17, 15) is 8.78 Å². The zero-order valence-electron chi connectivity index (χ0n) is 12.6. The van der Waals surface area contributed by atoms with Gasteiger partial charge in [0.05, 0.1) is 0 Å². The van der Waals surface area contributed by atoms with Gasteiger partial charge in [-0.2, -0.15) is 0 Å². The van der Waals surface area contributed by atoms with E-state index in [2.05, 4.69) is 10.2 Å². The molecule has 0 spiro atoms. The average Bonchev–Trinajstić information content (AvgIpc) is 3.33. The molecule has 1 atom stereocenters. The first kappa shape index (κ1) is 14.9. The maximum Gasteiger partial charge on any atom is 0.163 e. The van der Waals surface area contributed by atoms with Crippen molar-refractivity contribution in [2.75, 3.05) is 19.6 Å². The van der Waals surface area contributed by atoms with Gasteiger partial charge < -0.3 is 5.32 Å². The maximum atomic E-state index is 14.1. The van der Waals surface area contributed by atoms with Crippen LogP contribution in [0.4, 0.5) is 8.78 Å². The number of halogens is 2. The Morgan fingerprint density at radius 2 is 1.90 bits per heavy atom. The molecule has 1 aliphatic carbocycles. The lowest BCUT2D eigenvalue weighted by atomic mass is 9.95. The summed E-state index contributed by atoms with van der Waals surface area (Å²) in [6.07, 6.45) is 4.74. The van der Waals surface area contributed by atoms with E-state index >= 15 is 0 Å². The number of piperidine rings is 1. The van der Waals surface area contributed by atoms with Crippen LogP contribution in [0.15, 0.2) is 18.2 Å². The highest BCUT2D eigenvalue weighted by Gasteiger charge is 2.35. The van der Waals surface area contributed by atoms with Crippen molar-refractivity contribution in [3.8, 4) is 0 Å². The number of hydrogen-bond donors (Lipinski definition) is 1. The lowest BCUT2D eigenvalue weighted by Gasteiger charge is -2.34. The van der Waals surface area contributed by atoms with Crippen LogP contribution >= 0.6 is 0 Å². The highest BCUT2D eigenvalue weighted by atomic mass is 19.2. The second kappa shape index (κ2) is 6.41. The Morgan fingerprint density at radius 1 is 1.19 bits per heavy atom. The van der Waals surface area contributed by atoms with Crippen LogP contribution in [0.1, 0.15) is 44.2 Å². The van der Waals surface area contributed by atoms with Crippen molar-refractivity contribution in [2.24, 2.45) is 5.92 Å². The summed E-state index contributed by atoms with van der Waals surface area (Å²) in [5, 5.41) is 3.38. The summed E-state index contributed by atoms with van der Waals surface area (Å²) in [7, 11) is 0. The minimum Gasteiger partial charge on any atom is -0.317 e. The minimum absolute atomic E-state index is 0.0527. The van der Waals surface area contributed by atoms with Crippen molar-refractivity contribution in [1.29, 1.82) is 0 Å². The summed E-state index contributed by atoms with van der Waals surface area (Å²) in [5.74, 6) is -0.746. The Balaban J connectivity index is 1.75. The number of hydrogen-bond acceptors (Lipinski definition) is 2. The van der Waals surface area contributed by atoms with E-state index in [1.165, 1.54) is 31.7 Å². The molecule has 0 aromatic heterocycles. The largest absolute Gasteiger partial charge is 0.317 e.